The summed E-state index contributed by atoms with van der Waals surface area (Å²) in [6.07, 6.45) is 4.66. The van der Waals surface area contributed by atoms with Crippen LogP contribution in [-0.2, 0) is 9.53 Å². The van der Waals surface area contributed by atoms with Crippen LogP contribution in [0.5, 0.6) is 11.5 Å². The maximum atomic E-state index is 12.3. The van der Waals surface area contributed by atoms with Gasteiger partial charge in [-0.15, -0.1) is 0 Å². The highest BCUT2D eigenvalue weighted by molar-refractivity contribution is 5.94. The molecule has 1 aliphatic heterocycles. The average molecular weight is 334 g/mol. The lowest BCUT2D eigenvalue weighted by molar-refractivity contribution is -0.114. The van der Waals surface area contributed by atoms with Crippen molar-refractivity contribution in [1.82, 2.24) is 0 Å². The van der Waals surface area contributed by atoms with E-state index in [1.165, 1.54) is 25.3 Å². The number of allylic oxidation sites excluding steroid dienone is 1. The van der Waals surface area contributed by atoms with Gasteiger partial charge in [0, 0.05) is 18.1 Å². The number of rotatable bonds is 1. The van der Waals surface area contributed by atoms with E-state index in [2.05, 4.69) is 0 Å². The summed E-state index contributed by atoms with van der Waals surface area (Å²) >= 11 is 0. The van der Waals surface area contributed by atoms with Crippen LogP contribution in [0.3, 0.4) is 0 Å². The van der Waals surface area contributed by atoms with Crippen molar-refractivity contribution in [2.75, 3.05) is 13.7 Å². The minimum absolute atomic E-state index is 0.0209. The summed E-state index contributed by atoms with van der Waals surface area (Å²) in [6.45, 7) is 0.0869. The second-order valence-corrected chi connectivity index (χ2v) is 5.67. The van der Waals surface area contributed by atoms with E-state index in [0.29, 0.717) is 37.9 Å². The van der Waals surface area contributed by atoms with Gasteiger partial charge in [-0.3, -0.25) is 4.79 Å². The Kier molecular flexibility index (Phi) is 6.37. The number of aliphatic hydroxyl groups excluding tert-OH is 1. The molecule has 0 saturated heterocycles. The molecule has 1 atom stereocenters. The molecule has 1 aromatic carbocycles. The van der Waals surface area contributed by atoms with E-state index in [1.807, 2.05) is 0 Å². The number of carbonyl (C=O) groups excluding carboxylic acids is 2. The number of esters is 1. The summed E-state index contributed by atoms with van der Waals surface area (Å²) in [5, 5.41) is 20.6. The Bertz CT molecular complexity index is 635. The van der Waals surface area contributed by atoms with Crippen molar-refractivity contribution in [1.29, 1.82) is 0 Å². The van der Waals surface area contributed by atoms with Crippen LogP contribution in [0, 0.1) is 0 Å². The largest absolute Gasteiger partial charge is 0.507 e. The Morgan fingerprint density at radius 1 is 1.25 bits per heavy atom. The molecule has 0 spiro atoms. The third-order valence-corrected chi connectivity index (χ3v) is 3.89. The SMILES string of the molecule is COc1cc(O)c2c(c1)C(O)CCCCC(=O)/C=C\CCOC2=O. The topological polar surface area (TPSA) is 93.1 Å². The van der Waals surface area contributed by atoms with Gasteiger partial charge in [0.25, 0.3) is 0 Å². The maximum Gasteiger partial charge on any atom is 0.342 e. The van der Waals surface area contributed by atoms with Crippen LogP contribution in [0.4, 0.5) is 0 Å². The van der Waals surface area contributed by atoms with Crippen LogP contribution in [0.25, 0.3) is 0 Å². The standard InChI is InChI=1S/C18H22O6/c1-23-13-10-14-15(20)8-3-2-6-12(19)7-4-5-9-24-18(22)17(14)16(21)11-13/h4,7,10-11,15,20-21H,2-3,5-6,8-9H2,1H3/b7-4-. The molecule has 0 bridgehead atoms. The smallest absolute Gasteiger partial charge is 0.342 e. The number of fused-ring (bicyclic) bond motifs is 1. The van der Waals surface area contributed by atoms with E-state index in [-0.39, 0.29) is 29.3 Å². The Balaban J connectivity index is 2.33. The van der Waals surface area contributed by atoms with Crippen LogP contribution in [-0.4, -0.2) is 35.7 Å². The molecule has 24 heavy (non-hydrogen) atoms. The van der Waals surface area contributed by atoms with Gasteiger partial charge in [0.05, 0.1) is 19.8 Å². The Hall–Kier alpha value is -2.34. The van der Waals surface area contributed by atoms with E-state index in [4.69, 9.17) is 9.47 Å². The summed E-state index contributed by atoms with van der Waals surface area (Å²) < 4.78 is 10.2. The summed E-state index contributed by atoms with van der Waals surface area (Å²) in [5.74, 6) is -0.628. The van der Waals surface area contributed by atoms with Gasteiger partial charge in [-0.25, -0.2) is 4.79 Å². The molecule has 1 heterocycles. The Morgan fingerprint density at radius 2 is 2.04 bits per heavy atom. The number of cyclic esters (lactones) is 1. The van der Waals surface area contributed by atoms with Gasteiger partial charge in [-0.1, -0.05) is 12.5 Å². The Morgan fingerprint density at radius 3 is 2.79 bits per heavy atom. The normalized spacial score (nSPS) is 21.3. The molecule has 1 unspecified atom stereocenters. The zero-order valence-corrected chi connectivity index (χ0v) is 13.7. The van der Waals surface area contributed by atoms with Crippen molar-refractivity contribution in [3.05, 3.63) is 35.4 Å². The average Bonchev–Trinajstić information content (AvgIpc) is 2.56. The van der Waals surface area contributed by atoms with E-state index < -0.39 is 12.1 Å². The van der Waals surface area contributed by atoms with Gasteiger partial charge < -0.3 is 19.7 Å². The number of ether oxygens (including phenoxy) is 2. The maximum absolute atomic E-state index is 12.3. The molecule has 6 heteroatoms. The molecule has 1 aliphatic rings. The molecule has 0 radical (unpaired) electrons. The lowest BCUT2D eigenvalue weighted by atomic mass is 9.96. The molecular formula is C18H22O6. The fourth-order valence-electron chi connectivity index (χ4n) is 2.61. The number of aliphatic hydroxyl groups is 1. The lowest BCUT2D eigenvalue weighted by Crippen LogP contribution is -2.13. The molecule has 2 N–H and O–H groups in total. The third-order valence-electron chi connectivity index (χ3n) is 3.89. The molecule has 0 amide bonds. The van der Waals surface area contributed by atoms with E-state index in [0.717, 1.165) is 0 Å². The number of aromatic hydroxyl groups is 1. The van der Waals surface area contributed by atoms with Gasteiger partial charge in [0.1, 0.15) is 17.1 Å². The second-order valence-electron chi connectivity index (χ2n) is 5.67. The number of hydrogen-bond donors (Lipinski definition) is 2. The Labute approximate surface area is 140 Å². The summed E-state index contributed by atoms with van der Waals surface area (Å²) in [7, 11) is 1.44. The predicted molar refractivity (Wildman–Crippen MR) is 87.1 cm³/mol. The van der Waals surface area contributed by atoms with Crippen molar-refractivity contribution in [3.63, 3.8) is 0 Å². The van der Waals surface area contributed by atoms with Crippen LogP contribution < -0.4 is 4.74 Å². The highest BCUT2D eigenvalue weighted by atomic mass is 16.5. The summed E-state index contributed by atoms with van der Waals surface area (Å²) in [5.41, 5.74) is 0.233. The first-order valence-electron chi connectivity index (χ1n) is 7.98. The van der Waals surface area contributed by atoms with Gasteiger partial charge in [-0.05, 0) is 31.4 Å². The molecule has 130 valence electrons. The first kappa shape index (κ1) is 18.0. The first-order chi connectivity index (χ1) is 11.5. The fourth-order valence-corrected chi connectivity index (χ4v) is 2.61. The molecule has 0 saturated carbocycles. The number of carbonyl (C=O) groups is 2. The number of ketones is 1. The number of benzene rings is 1. The quantitative estimate of drug-likeness (QED) is 0.767. The number of hydrogen-bond acceptors (Lipinski definition) is 6. The number of phenols is 1. The highest BCUT2D eigenvalue weighted by Crippen LogP contribution is 2.34. The van der Waals surface area contributed by atoms with Crippen molar-refractivity contribution >= 4 is 11.8 Å². The minimum atomic E-state index is -0.956. The number of phenolic OH excluding ortho intramolecular Hbond substituents is 1. The van der Waals surface area contributed by atoms with E-state index in [1.54, 1.807) is 6.08 Å². The van der Waals surface area contributed by atoms with Crippen molar-refractivity contribution in [3.8, 4) is 11.5 Å². The first-order valence-corrected chi connectivity index (χ1v) is 7.98. The van der Waals surface area contributed by atoms with E-state index >= 15 is 0 Å². The lowest BCUT2D eigenvalue weighted by Gasteiger charge is -2.17. The van der Waals surface area contributed by atoms with Gasteiger partial charge in [0.2, 0.25) is 0 Å². The summed E-state index contributed by atoms with van der Waals surface area (Å²) in [6, 6.07) is 2.84. The monoisotopic (exact) mass is 334 g/mol. The molecule has 0 aromatic heterocycles. The zero-order valence-electron chi connectivity index (χ0n) is 13.7. The molecule has 0 aliphatic carbocycles. The van der Waals surface area contributed by atoms with Gasteiger partial charge >= 0.3 is 5.97 Å². The predicted octanol–water partition coefficient (Wildman–Crippen LogP) is 2.68. The van der Waals surface area contributed by atoms with E-state index in [9.17, 15) is 19.8 Å². The molecule has 6 nitrogen and oxygen atoms in total. The second kappa shape index (κ2) is 8.49. The van der Waals surface area contributed by atoms with Gasteiger partial charge in [0.15, 0.2) is 5.78 Å². The third kappa shape index (κ3) is 4.58. The van der Waals surface area contributed by atoms with Gasteiger partial charge in [-0.2, -0.15) is 0 Å². The molecule has 0 fully saturated rings. The minimum Gasteiger partial charge on any atom is -0.507 e. The van der Waals surface area contributed by atoms with Crippen LogP contribution in [0.1, 0.15) is 54.1 Å². The van der Waals surface area contributed by atoms with Crippen LogP contribution in [0.15, 0.2) is 24.3 Å². The summed E-state index contributed by atoms with van der Waals surface area (Å²) in [4.78, 5) is 23.9. The zero-order chi connectivity index (χ0) is 17.5. The van der Waals surface area contributed by atoms with Crippen LogP contribution in [0.2, 0.25) is 0 Å². The molecular weight excluding hydrogens is 312 g/mol. The van der Waals surface area contributed by atoms with Crippen LogP contribution >= 0.6 is 0 Å². The van der Waals surface area contributed by atoms with Crippen molar-refractivity contribution < 1.29 is 29.3 Å². The number of methoxy groups -OCH3 is 1. The van der Waals surface area contributed by atoms with Crippen molar-refractivity contribution in [2.24, 2.45) is 0 Å². The van der Waals surface area contributed by atoms with Crippen molar-refractivity contribution in [2.45, 2.75) is 38.2 Å². The highest BCUT2D eigenvalue weighted by Gasteiger charge is 2.24. The molecule has 1 aromatic rings. The molecule has 2 rings (SSSR count). The fraction of sp³-hybridized carbons (Fsp3) is 0.444.